The lowest BCUT2D eigenvalue weighted by Gasteiger charge is -2.16. The fraction of sp³-hybridized carbons (Fsp3) is 0.136. The molecule has 0 saturated carbocycles. The molecule has 0 amide bonds. The minimum absolute atomic E-state index is 0.0784. The van der Waals surface area contributed by atoms with E-state index in [1.807, 2.05) is 0 Å². The molecule has 33 heavy (non-hydrogen) atoms. The molecule has 11 heteroatoms. The number of hydrogen-bond acceptors (Lipinski definition) is 4. The third-order valence-corrected chi connectivity index (χ3v) is 5.07. The maximum absolute atomic E-state index is 14.2. The normalized spacial score (nSPS) is 11.7. The van der Waals surface area contributed by atoms with Crippen LogP contribution < -0.4 is 5.32 Å². The summed E-state index contributed by atoms with van der Waals surface area (Å²) in [5.41, 5.74) is -0.516. The lowest BCUT2D eigenvalue weighted by atomic mass is 10.0. The Morgan fingerprint density at radius 2 is 1.61 bits per heavy atom. The maximum Gasteiger partial charge on any atom is 0.405 e. The van der Waals surface area contributed by atoms with Crippen LogP contribution in [-0.4, -0.2) is 27.7 Å². The highest BCUT2D eigenvalue weighted by atomic mass is 35.5. The zero-order valence-electron chi connectivity index (χ0n) is 16.5. The predicted molar refractivity (Wildman–Crippen MR) is 111 cm³/mol. The van der Waals surface area contributed by atoms with Crippen LogP contribution in [0.15, 0.2) is 48.7 Å². The van der Waals surface area contributed by atoms with Gasteiger partial charge in [-0.05, 0) is 11.5 Å². The van der Waals surface area contributed by atoms with Gasteiger partial charge in [0.2, 0.25) is 0 Å². The Hall–Kier alpha value is -3.40. The van der Waals surface area contributed by atoms with E-state index in [0.29, 0.717) is 17.5 Å². The largest absolute Gasteiger partial charge is 0.405 e. The van der Waals surface area contributed by atoms with Gasteiger partial charge in [-0.15, -0.1) is 0 Å². The average Bonchev–Trinajstić information content (AvgIpc) is 2.74. The Balaban J connectivity index is 1.85. The van der Waals surface area contributed by atoms with Gasteiger partial charge in [0, 0.05) is 41.3 Å². The monoisotopic (exact) mass is 482 g/mol. The van der Waals surface area contributed by atoms with Crippen LogP contribution in [-0.2, 0) is 6.42 Å². The molecule has 0 bridgehead atoms. The second kappa shape index (κ2) is 8.86. The van der Waals surface area contributed by atoms with Crippen molar-refractivity contribution < 1.29 is 26.3 Å². The van der Waals surface area contributed by atoms with Gasteiger partial charge in [0.1, 0.15) is 40.7 Å². The highest BCUT2D eigenvalue weighted by Crippen LogP contribution is 2.32. The van der Waals surface area contributed by atoms with Crippen molar-refractivity contribution in [2.75, 3.05) is 11.9 Å². The van der Waals surface area contributed by atoms with Gasteiger partial charge < -0.3 is 5.32 Å². The van der Waals surface area contributed by atoms with Crippen molar-refractivity contribution in [3.63, 3.8) is 0 Å². The number of alkyl halides is 3. The second-order valence-electron chi connectivity index (χ2n) is 7.04. The SMILES string of the molecule is Fc1cc(F)c(Cc2c(Cl)nc(-c3nccc4ccccc34)nc2NCC(F)(F)F)c(F)c1. The Morgan fingerprint density at radius 3 is 2.30 bits per heavy atom. The van der Waals surface area contributed by atoms with Crippen molar-refractivity contribution >= 4 is 28.2 Å². The molecule has 0 spiro atoms. The number of halogens is 7. The summed E-state index contributed by atoms with van der Waals surface area (Å²) >= 11 is 6.25. The van der Waals surface area contributed by atoms with E-state index >= 15 is 0 Å². The van der Waals surface area contributed by atoms with E-state index in [2.05, 4.69) is 20.3 Å². The Bertz CT molecular complexity index is 1310. The molecule has 2 aromatic carbocycles. The quantitative estimate of drug-likeness (QED) is 0.267. The molecule has 0 unspecified atom stereocenters. The molecule has 1 N–H and O–H groups in total. The van der Waals surface area contributed by atoms with Gasteiger partial charge in [-0.25, -0.2) is 23.1 Å². The molecule has 0 saturated heterocycles. The Labute approximate surface area is 188 Å². The van der Waals surface area contributed by atoms with Crippen molar-refractivity contribution in [2.45, 2.75) is 12.6 Å². The topological polar surface area (TPSA) is 50.7 Å². The Kier molecular flexibility index (Phi) is 6.11. The number of hydrogen-bond donors (Lipinski definition) is 1. The molecular formula is C22H13ClF6N4. The molecule has 0 aliphatic heterocycles. The summed E-state index contributed by atoms with van der Waals surface area (Å²) in [5, 5.41) is 3.19. The molecule has 2 heterocycles. The zero-order chi connectivity index (χ0) is 23.8. The number of anilines is 1. The minimum Gasteiger partial charge on any atom is -0.361 e. The molecule has 0 radical (unpaired) electrons. The van der Waals surface area contributed by atoms with Gasteiger partial charge in [-0.3, -0.25) is 4.98 Å². The molecular weight excluding hydrogens is 470 g/mol. The first-order chi connectivity index (χ1) is 15.6. The smallest absolute Gasteiger partial charge is 0.361 e. The van der Waals surface area contributed by atoms with Gasteiger partial charge in [-0.1, -0.05) is 35.9 Å². The number of aromatic nitrogens is 3. The lowest BCUT2D eigenvalue weighted by molar-refractivity contribution is -0.115. The van der Waals surface area contributed by atoms with E-state index in [4.69, 9.17) is 11.6 Å². The first-order valence-electron chi connectivity index (χ1n) is 9.47. The summed E-state index contributed by atoms with van der Waals surface area (Å²) in [6, 6.07) is 9.73. The minimum atomic E-state index is -4.61. The van der Waals surface area contributed by atoms with Crippen LogP contribution in [0.1, 0.15) is 11.1 Å². The van der Waals surface area contributed by atoms with E-state index in [0.717, 1.165) is 5.39 Å². The number of benzene rings is 2. The zero-order valence-corrected chi connectivity index (χ0v) is 17.3. The molecule has 2 aromatic heterocycles. The van der Waals surface area contributed by atoms with Crippen LogP contribution in [0.25, 0.3) is 22.3 Å². The second-order valence-corrected chi connectivity index (χ2v) is 7.40. The van der Waals surface area contributed by atoms with E-state index in [-0.39, 0.29) is 28.1 Å². The van der Waals surface area contributed by atoms with Crippen molar-refractivity contribution in [3.8, 4) is 11.5 Å². The van der Waals surface area contributed by atoms with E-state index in [1.165, 1.54) is 6.20 Å². The molecule has 0 aliphatic carbocycles. The molecule has 0 aliphatic rings. The number of fused-ring (bicyclic) bond motifs is 1. The van der Waals surface area contributed by atoms with Crippen molar-refractivity contribution in [2.24, 2.45) is 0 Å². The summed E-state index contributed by atoms with van der Waals surface area (Å²) in [6.45, 7) is -1.48. The fourth-order valence-corrected chi connectivity index (χ4v) is 3.50. The molecule has 170 valence electrons. The van der Waals surface area contributed by atoms with E-state index < -0.39 is 42.2 Å². The molecule has 4 nitrogen and oxygen atoms in total. The van der Waals surface area contributed by atoms with Crippen LogP contribution in [0, 0.1) is 17.5 Å². The summed E-state index contributed by atoms with van der Waals surface area (Å²) in [7, 11) is 0. The standard InChI is InChI=1S/C22H13ClF6N4/c23-19-15(9-14-16(25)7-12(24)8-17(14)26)20(31-10-22(27,28)29)33-21(32-19)18-13-4-2-1-3-11(13)5-6-30-18/h1-8H,9-10H2,(H,31,32,33). The first kappa shape index (κ1) is 22.8. The van der Waals surface area contributed by atoms with E-state index in [9.17, 15) is 26.3 Å². The number of nitrogens with zero attached hydrogens (tertiary/aromatic N) is 3. The highest BCUT2D eigenvalue weighted by molar-refractivity contribution is 6.30. The van der Waals surface area contributed by atoms with Gasteiger partial charge in [0.25, 0.3) is 0 Å². The van der Waals surface area contributed by atoms with Crippen LogP contribution in [0.4, 0.5) is 32.2 Å². The third-order valence-electron chi connectivity index (χ3n) is 4.76. The molecule has 4 rings (SSSR count). The highest BCUT2D eigenvalue weighted by Gasteiger charge is 2.28. The van der Waals surface area contributed by atoms with Crippen LogP contribution in [0.2, 0.25) is 5.15 Å². The van der Waals surface area contributed by atoms with Crippen molar-refractivity contribution in [1.82, 2.24) is 15.0 Å². The molecule has 0 fully saturated rings. The first-order valence-corrected chi connectivity index (χ1v) is 9.85. The molecule has 4 aromatic rings. The van der Waals surface area contributed by atoms with Crippen LogP contribution in [0.3, 0.4) is 0 Å². The predicted octanol–water partition coefficient (Wildman–Crippen LogP) is 6.33. The van der Waals surface area contributed by atoms with Gasteiger partial charge in [0.05, 0.1) is 0 Å². The number of pyridine rings is 1. The number of nitrogens with one attached hydrogen (secondary N) is 1. The number of rotatable bonds is 5. The van der Waals surface area contributed by atoms with Crippen LogP contribution >= 0.6 is 11.6 Å². The fourth-order valence-electron chi connectivity index (χ4n) is 3.26. The maximum atomic E-state index is 14.2. The lowest BCUT2D eigenvalue weighted by Crippen LogP contribution is -2.23. The summed E-state index contributed by atoms with van der Waals surface area (Å²) in [4.78, 5) is 12.5. The van der Waals surface area contributed by atoms with Crippen molar-refractivity contribution in [1.29, 1.82) is 0 Å². The summed E-state index contributed by atoms with van der Waals surface area (Å²) < 4.78 is 80.3. The van der Waals surface area contributed by atoms with Gasteiger partial charge >= 0.3 is 6.18 Å². The van der Waals surface area contributed by atoms with E-state index in [1.54, 1.807) is 30.3 Å². The van der Waals surface area contributed by atoms with Crippen LogP contribution in [0.5, 0.6) is 0 Å². The summed E-state index contributed by atoms with van der Waals surface area (Å²) in [6.07, 6.45) is -3.74. The third kappa shape index (κ3) is 5.00. The summed E-state index contributed by atoms with van der Waals surface area (Å²) in [5.74, 6) is -4.02. The van der Waals surface area contributed by atoms with Gasteiger partial charge in [-0.2, -0.15) is 13.2 Å². The average molecular weight is 483 g/mol. The molecule has 0 atom stereocenters. The Morgan fingerprint density at radius 1 is 0.909 bits per heavy atom. The van der Waals surface area contributed by atoms with Gasteiger partial charge in [0.15, 0.2) is 5.82 Å². The van der Waals surface area contributed by atoms with Crippen molar-refractivity contribution in [3.05, 3.63) is 82.4 Å².